The molecule has 4 N–H and O–H groups in total. The van der Waals surface area contributed by atoms with Crippen LogP contribution in [0.1, 0.15) is 6.42 Å². The van der Waals surface area contributed by atoms with Gasteiger partial charge in [-0.1, -0.05) is 47.5 Å². The van der Waals surface area contributed by atoms with Crippen LogP contribution in [0.25, 0.3) is 0 Å². The van der Waals surface area contributed by atoms with Crippen molar-refractivity contribution >= 4 is 46.4 Å². The summed E-state index contributed by atoms with van der Waals surface area (Å²) in [4.78, 5) is 24.2. The number of primary amides is 1. The third-order valence-electron chi connectivity index (χ3n) is 4.37. The average Bonchev–Trinajstić information content (AvgIpc) is 3.20. The first-order valence-corrected chi connectivity index (χ1v) is 9.86. The van der Waals surface area contributed by atoms with Crippen LogP contribution in [-0.2, 0) is 9.59 Å². The lowest BCUT2D eigenvalue weighted by molar-refractivity contribution is -0.119. The van der Waals surface area contributed by atoms with Gasteiger partial charge in [0, 0.05) is 13.0 Å². The molecule has 10 heteroatoms. The van der Waals surface area contributed by atoms with Crippen molar-refractivity contribution in [1.82, 2.24) is 5.32 Å². The van der Waals surface area contributed by atoms with Crippen molar-refractivity contribution in [3.63, 3.8) is 0 Å². The van der Waals surface area contributed by atoms with E-state index < -0.39 is 24.0 Å². The first kappa shape index (κ1) is 21.9. The summed E-state index contributed by atoms with van der Waals surface area (Å²) < 4.78 is 5.44. The minimum atomic E-state index is -0.997. The Morgan fingerprint density at radius 3 is 2.67 bits per heavy atom. The maximum absolute atomic E-state index is 12.5. The fourth-order valence-electron chi connectivity index (χ4n) is 2.84. The van der Waals surface area contributed by atoms with Crippen molar-refractivity contribution < 1.29 is 19.4 Å². The van der Waals surface area contributed by atoms with E-state index >= 15 is 0 Å². The third-order valence-corrected chi connectivity index (χ3v) is 5.17. The van der Waals surface area contributed by atoms with Gasteiger partial charge in [-0.05, 0) is 24.3 Å². The lowest BCUT2D eigenvalue weighted by Gasteiger charge is -2.20. The highest BCUT2D eigenvalue weighted by molar-refractivity contribution is 6.43. The summed E-state index contributed by atoms with van der Waals surface area (Å²) in [5.74, 6) is -0.755. The number of carbonyl (C=O) groups is 2. The second-order valence-electron chi connectivity index (χ2n) is 6.58. The van der Waals surface area contributed by atoms with Gasteiger partial charge in [0.1, 0.15) is 35.2 Å². The number of carbonyl (C=O) groups excluding carboxylic acids is 2. The summed E-state index contributed by atoms with van der Waals surface area (Å²) in [6, 6.07) is 13.1. The highest BCUT2D eigenvalue weighted by Gasteiger charge is 2.34. The number of rotatable bonds is 8. The molecule has 1 heterocycles. The van der Waals surface area contributed by atoms with Crippen LogP contribution in [0.2, 0.25) is 10.0 Å². The number of anilines is 1. The van der Waals surface area contributed by atoms with Gasteiger partial charge >= 0.3 is 0 Å². The van der Waals surface area contributed by atoms with Gasteiger partial charge in [-0.2, -0.15) is 5.10 Å². The van der Waals surface area contributed by atoms with E-state index in [1.807, 2.05) is 6.07 Å². The van der Waals surface area contributed by atoms with Crippen molar-refractivity contribution in [3.8, 4) is 5.75 Å². The van der Waals surface area contributed by atoms with Gasteiger partial charge in [-0.15, -0.1) is 0 Å². The zero-order valence-corrected chi connectivity index (χ0v) is 17.3. The zero-order chi connectivity index (χ0) is 21.7. The summed E-state index contributed by atoms with van der Waals surface area (Å²) in [5.41, 5.74) is 6.26. The molecule has 2 amide bonds. The summed E-state index contributed by atoms with van der Waals surface area (Å²) in [6.07, 6.45) is -0.927. The molecule has 1 aliphatic rings. The van der Waals surface area contributed by atoms with Crippen LogP contribution in [0.3, 0.4) is 0 Å². The van der Waals surface area contributed by atoms with Crippen LogP contribution in [0.4, 0.5) is 5.69 Å². The van der Waals surface area contributed by atoms with E-state index in [0.717, 1.165) is 0 Å². The fraction of sp³-hybridized carbons (Fsp3) is 0.250. The molecule has 3 rings (SSSR count). The van der Waals surface area contributed by atoms with Crippen LogP contribution < -0.4 is 20.8 Å². The van der Waals surface area contributed by atoms with Gasteiger partial charge in [0.2, 0.25) is 5.91 Å². The average molecular weight is 451 g/mol. The van der Waals surface area contributed by atoms with Crippen LogP contribution >= 0.6 is 23.2 Å². The minimum Gasteiger partial charge on any atom is -0.489 e. The topological polar surface area (TPSA) is 117 Å². The summed E-state index contributed by atoms with van der Waals surface area (Å²) in [7, 11) is 0. The number of nitrogens with two attached hydrogens (primary N) is 1. The first-order valence-electron chi connectivity index (χ1n) is 9.11. The predicted octanol–water partition coefficient (Wildman–Crippen LogP) is 1.97. The Kier molecular flexibility index (Phi) is 7.15. The number of benzene rings is 2. The standard InChI is InChI=1S/C20H20Cl2N4O4/c21-14-7-4-8-17(18(14)22)30-11-13(27)10-24-20(29)15-9-16(19(23)28)26(25-15)12-5-2-1-3-6-12/h1-8,13,16,27H,9-11H2,(H2,23,28)(H,24,29). The van der Waals surface area contributed by atoms with Gasteiger partial charge in [-0.3, -0.25) is 14.6 Å². The van der Waals surface area contributed by atoms with Crippen LogP contribution in [0.15, 0.2) is 53.6 Å². The highest BCUT2D eigenvalue weighted by atomic mass is 35.5. The molecule has 0 saturated carbocycles. The summed E-state index contributed by atoms with van der Waals surface area (Å²) in [6.45, 7) is -0.185. The van der Waals surface area contributed by atoms with Crippen molar-refractivity contribution in [2.75, 3.05) is 18.2 Å². The number of hydrazone groups is 1. The number of ether oxygens (including phenoxy) is 1. The molecule has 0 aliphatic carbocycles. The van der Waals surface area contributed by atoms with E-state index in [1.54, 1.807) is 42.5 Å². The molecule has 30 heavy (non-hydrogen) atoms. The van der Waals surface area contributed by atoms with E-state index in [0.29, 0.717) is 16.5 Å². The second kappa shape index (κ2) is 9.80. The first-order chi connectivity index (χ1) is 14.4. The maximum atomic E-state index is 12.5. The molecule has 2 unspecified atom stereocenters. The largest absolute Gasteiger partial charge is 0.489 e. The van der Waals surface area contributed by atoms with E-state index in [1.165, 1.54) is 5.01 Å². The Morgan fingerprint density at radius 1 is 1.23 bits per heavy atom. The monoisotopic (exact) mass is 450 g/mol. The normalized spacial score (nSPS) is 16.7. The van der Waals surface area contributed by atoms with Gasteiger partial charge in [0.05, 0.1) is 10.7 Å². The van der Waals surface area contributed by atoms with Crippen LogP contribution in [-0.4, -0.2) is 47.9 Å². The van der Waals surface area contributed by atoms with Gasteiger partial charge in [-0.25, -0.2) is 0 Å². The molecule has 0 fully saturated rings. The Bertz CT molecular complexity index is 955. The van der Waals surface area contributed by atoms with Crippen molar-refractivity contribution in [3.05, 3.63) is 58.6 Å². The number of hydrogen-bond acceptors (Lipinski definition) is 6. The Morgan fingerprint density at radius 2 is 1.97 bits per heavy atom. The molecule has 2 atom stereocenters. The number of nitrogens with zero attached hydrogens (tertiary/aromatic N) is 2. The molecule has 158 valence electrons. The molecule has 0 saturated heterocycles. The number of amides is 2. The van der Waals surface area contributed by atoms with Crippen LogP contribution in [0.5, 0.6) is 5.75 Å². The van der Waals surface area contributed by atoms with E-state index in [-0.39, 0.29) is 30.3 Å². The maximum Gasteiger partial charge on any atom is 0.267 e. The molecular formula is C20H20Cl2N4O4. The summed E-state index contributed by atoms with van der Waals surface area (Å²) >= 11 is 11.9. The molecule has 2 aromatic rings. The van der Waals surface area contributed by atoms with Crippen molar-refractivity contribution in [2.24, 2.45) is 10.8 Å². The minimum absolute atomic E-state index is 0.0702. The zero-order valence-electron chi connectivity index (χ0n) is 15.8. The number of aliphatic hydroxyl groups is 1. The smallest absolute Gasteiger partial charge is 0.267 e. The Hall–Kier alpha value is -2.81. The number of hydrogen-bond donors (Lipinski definition) is 3. The Labute approximate surface area is 183 Å². The molecular weight excluding hydrogens is 431 g/mol. The number of para-hydroxylation sites is 1. The van der Waals surface area contributed by atoms with Gasteiger partial charge in [0.25, 0.3) is 5.91 Å². The summed E-state index contributed by atoms with van der Waals surface area (Å²) in [5, 5.41) is 18.9. The van der Waals surface area contributed by atoms with E-state index in [4.69, 9.17) is 33.7 Å². The SMILES string of the molecule is NC(=O)C1CC(C(=O)NCC(O)COc2cccc(Cl)c2Cl)=NN1c1ccccc1. The van der Waals surface area contributed by atoms with Crippen molar-refractivity contribution in [1.29, 1.82) is 0 Å². The second-order valence-corrected chi connectivity index (χ2v) is 7.36. The lowest BCUT2D eigenvalue weighted by atomic mass is 10.1. The predicted molar refractivity (Wildman–Crippen MR) is 115 cm³/mol. The van der Waals surface area contributed by atoms with E-state index in [9.17, 15) is 14.7 Å². The van der Waals surface area contributed by atoms with E-state index in [2.05, 4.69) is 10.4 Å². The quantitative estimate of drug-likeness (QED) is 0.568. The van der Waals surface area contributed by atoms with Gasteiger partial charge < -0.3 is 20.9 Å². The van der Waals surface area contributed by atoms with Crippen LogP contribution in [0, 0.1) is 0 Å². The highest BCUT2D eigenvalue weighted by Crippen LogP contribution is 2.31. The molecule has 0 spiro atoms. The van der Waals surface area contributed by atoms with Crippen molar-refractivity contribution in [2.45, 2.75) is 18.6 Å². The molecule has 0 bridgehead atoms. The number of nitrogens with one attached hydrogen (secondary N) is 1. The molecule has 0 aromatic heterocycles. The molecule has 2 aromatic carbocycles. The van der Waals surface area contributed by atoms with Gasteiger partial charge in [0.15, 0.2) is 0 Å². The fourth-order valence-corrected chi connectivity index (χ4v) is 3.19. The molecule has 0 radical (unpaired) electrons. The lowest BCUT2D eigenvalue weighted by Crippen LogP contribution is -2.41. The Balaban J connectivity index is 1.56. The number of halogens is 2. The molecule has 8 nitrogen and oxygen atoms in total. The number of aliphatic hydroxyl groups excluding tert-OH is 1. The molecule has 1 aliphatic heterocycles. The third kappa shape index (κ3) is 5.21.